The summed E-state index contributed by atoms with van der Waals surface area (Å²) in [4.78, 5) is 4.79. The van der Waals surface area contributed by atoms with Crippen LogP contribution < -0.4 is 5.32 Å². The summed E-state index contributed by atoms with van der Waals surface area (Å²) in [5.74, 6) is -0.225. The van der Waals surface area contributed by atoms with Gasteiger partial charge in [-0.25, -0.2) is 9.37 Å². The van der Waals surface area contributed by atoms with Gasteiger partial charge in [-0.05, 0) is 30.3 Å². The fraction of sp³-hybridized carbons (Fsp3) is 0.214. The topological polar surface area (TPSA) is 24.9 Å². The van der Waals surface area contributed by atoms with E-state index in [2.05, 4.69) is 10.3 Å². The van der Waals surface area contributed by atoms with Crippen molar-refractivity contribution in [1.29, 1.82) is 0 Å². The second-order valence-electron chi connectivity index (χ2n) is 3.93. The first kappa shape index (κ1) is 14.3. The summed E-state index contributed by atoms with van der Waals surface area (Å²) in [5.41, 5.74) is 0.934. The number of rotatable bonds is 5. The molecule has 0 aliphatic heterocycles. The molecule has 0 amide bonds. The molecule has 100 valence electrons. The van der Waals surface area contributed by atoms with Crippen molar-refractivity contribution in [2.75, 3.05) is 6.54 Å². The standard InChI is InChI=1S/C14H14ClFN2S/c1-2-17-8-10-4-3-5-12(16)14(10)19-13-7-6-11(15)9-18-13/h3-7,9,17H,2,8H2,1H3. The molecule has 19 heavy (non-hydrogen) atoms. The third-order valence-electron chi connectivity index (χ3n) is 2.52. The van der Waals surface area contributed by atoms with Gasteiger partial charge in [0.1, 0.15) is 10.8 Å². The molecule has 0 saturated heterocycles. The molecule has 0 radical (unpaired) electrons. The van der Waals surface area contributed by atoms with Gasteiger partial charge in [0.2, 0.25) is 0 Å². The summed E-state index contributed by atoms with van der Waals surface area (Å²) >= 11 is 7.11. The fourth-order valence-electron chi connectivity index (χ4n) is 1.59. The maximum atomic E-state index is 13.9. The van der Waals surface area contributed by atoms with Crippen molar-refractivity contribution in [3.05, 3.63) is 52.9 Å². The lowest BCUT2D eigenvalue weighted by Crippen LogP contribution is -2.12. The number of hydrogen-bond donors (Lipinski definition) is 1. The SMILES string of the molecule is CCNCc1cccc(F)c1Sc1ccc(Cl)cn1. The van der Waals surface area contributed by atoms with E-state index in [0.717, 1.165) is 17.1 Å². The molecule has 0 atom stereocenters. The van der Waals surface area contributed by atoms with E-state index in [9.17, 15) is 4.39 Å². The highest BCUT2D eigenvalue weighted by Gasteiger charge is 2.10. The highest BCUT2D eigenvalue weighted by atomic mass is 35.5. The maximum absolute atomic E-state index is 13.9. The number of benzene rings is 1. The van der Waals surface area contributed by atoms with E-state index in [4.69, 9.17) is 11.6 Å². The van der Waals surface area contributed by atoms with Crippen molar-refractivity contribution in [2.45, 2.75) is 23.4 Å². The summed E-state index contributed by atoms with van der Waals surface area (Å²) in [6.07, 6.45) is 1.56. The molecule has 0 bridgehead atoms. The van der Waals surface area contributed by atoms with Crippen molar-refractivity contribution in [3.63, 3.8) is 0 Å². The Morgan fingerprint density at radius 2 is 2.16 bits per heavy atom. The van der Waals surface area contributed by atoms with Crippen LogP contribution in [0.2, 0.25) is 5.02 Å². The number of nitrogens with zero attached hydrogens (tertiary/aromatic N) is 1. The molecule has 1 heterocycles. The van der Waals surface area contributed by atoms with Crippen molar-refractivity contribution >= 4 is 23.4 Å². The van der Waals surface area contributed by atoms with E-state index < -0.39 is 0 Å². The number of halogens is 2. The number of pyridine rings is 1. The molecule has 0 saturated carbocycles. The van der Waals surface area contributed by atoms with E-state index in [1.165, 1.54) is 17.8 Å². The van der Waals surface area contributed by atoms with Gasteiger partial charge in [0, 0.05) is 12.7 Å². The molecule has 2 rings (SSSR count). The minimum absolute atomic E-state index is 0.225. The number of hydrogen-bond acceptors (Lipinski definition) is 3. The van der Waals surface area contributed by atoms with Crippen LogP contribution in [0, 0.1) is 5.82 Å². The second-order valence-corrected chi connectivity index (χ2v) is 5.39. The zero-order chi connectivity index (χ0) is 13.7. The largest absolute Gasteiger partial charge is 0.313 e. The van der Waals surface area contributed by atoms with Crippen LogP contribution in [0.3, 0.4) is 0 Å². The molecule has 2 aromatic rings. The van der Waals surface area contributed by atoms with E-state index in [0.29, 0.717) is 16.5 Å². The van der Waals surface area contributed by atoms with Gasteiger partial charge in [-0.1, -0.05) is 42.4 Å². The molecule has 5 heteroatoms. The summed E-state index contributed by atoms with van der Waals surface area (Å²) in [6, 6.07) is 8.65. The molecule has 0 unspecified atom stereocenters. The smallest absolute Gasteiger partial charge is 0.137 e. The van der Waals surface area contributed by atoms with E-state index in [1.807, 2.05) is 13.0 Å². The summed E-state index contributed by atoms with van der Waals surface area (Å²) < 4.78 is 13.9. The monoisotopic (exact) mass is 296 g/mol. The molecule has 1 N–H and O–H groups in total. The molecule has 0 aliphatic rings. The Hall–Kier alpha value is -1.10. The molecule has 2 nitrogen and oxygen atoms in total. The van der Waals surface area contributed by atoms with Crippen LogP contribution >= 0.6 is 23.4 Å². The van der Waals surface area contributed by atoms with Crippen LogP contribution in [0.25, 0.3) is 0 Å². The molecular weight excluding hydrogens is 283 g/mol. The van der Waals surface area contributed by atoms with Crippen molar-refractivity contribution < 1.29 is 4.39 Å². The van der Waals surface area contributed by atoms with Crippen molar-refractivity contribution in [2.24, 2.45) is 0 Å². The first-order valence-electron chi connectivity index (χ1n) is 5.98. The van der Waals surface area contributed by atoms with Crippen LogP contribution in [0.1, 0.15) is 12.5 Å². The van der Waals surface area contributed by atoms with Crippen molar-refractivity contribution in [1.82, 2.24) is 10.3 Å². The molecular formula is C14H14ClFN2S. The highest BCUT2D eigenvalue weighted by molar-refractivity contribution is 7.99. The predicted molar refractivity (Wildman–Crippen MR) is 77.2 cm³/mol. The Labute approximate surface area is 121 Å². The molecule has 1 aromatic heterocycles. The number of aromatic nitrogens is 1. The minimum Gasteiger partial charge on any atom is -0.313 e. The van der Waals surface area contributed by atoms with Gasteiger partial charge in [-0.3, -0.25) is 0 Å². The number of nitrogens with one attached hydrogen (secondary N) is 1. The molecule has 1 aromatic carbocycles. The van der Waals surface area contributed by atoms with Gasteiger partial charge in [-0.15, -0.1) is 0 Å². The lowest BCUT2D eigenvalue weighted by molar-refractivity contribution is 0.591. The lowest BCUT2D eigenvalue weighted by atomic mass is 10.2. The summed E-state index contributed by atoms with van der Waals surface area (Å²) in [7, 11) is 0. The van der Waals surface area contributed by atoms with E-state index in [1.54, 1.807) is 24.4 Å². The van der Waals surface area contributed by atoms with Crippen LogP contribution in [0.5, 0.6) is 0 Å². The first-order chi connectivity index (χ1) is 9.20. The average molecular weight is 297 g/mol. The summed E-state index contributed by atoms with van der Waals surface area (Å²) in [6.45, 7) is 3.51. The Morgan fingerprint density at radius 3 is 2.84 bits per heavy atom. The van der Waals surface area contributed by atoms with Gasteiger partial charge in [0.25, 0.3) is 0 Å². The molecule has 0 aliphatic carbocycles. The highest BCUT2D eigenvalue weighted by Crippen LogP contribution is 2.31. The lowest BCUT2D eigenvalue weighted by Gasteiger charge is -2.10. The van der Waals surface area contributed by atoms with Crippen molar-refractivity contribution in [3.8, 4) is 0 Å². The quantitative estimate of drug-likeness (QED) is 0.898. The van der Waals surface area contributed by atoms with E-state index in [-0.39, 0.29) is 5.82 Å². The Kier molecular flexibility index (Phi) is 5.19. The van der Waals surface area contributed by atoms with Gasteiger partial charge in [0.05, 0.1) is 9.92 Å². The van der Waals surface area contributed by atoms with Gasteiger partial charge >= 0.3 is 0 Å². The molecule has 0 spiro atoms. The maximum Gasteiger partial charge on any atom is 0.137 e. The molecule has 0 fully saturated rings. The fourth-order valence-corrected chi connectivity index (χ4v) is 2.59. The van der Waals surface area contributed by atoms with Crippen LogP contribution in [-0.2, 0) is 6.54 Å². The summed E-state index contributed by atoms with van der Waals surface area (Å²) in [5, 5.41) is 4.51. The first-order valence-corrected chi connectivity index (χ1v) is 7.17. The third kappa shape index (κ3) is 3.93. The van der Waals surface area contributed by atoms with Gasteiger partial charge in [-0.2, -0.15) is 0 Å². The second kappa shape index (κ2) is 6.89. The zero-order valence-electron chi connectivity index (χ0n) is 10.5. The van der Waals surface area contributed by atoms with Gasteiger partial charge in [0.15, 0.2) is 0 Å². The van der Waals surface area contributed by atoms with Crippen LogP contribution in [0.15, 0.2) is 46.5 Å². The third-order valence-corrected chi connectivity index (χ3v) is 3.86. The Bertz CT molecular complexity index is 546. The predicted octanol–water partition coefficient (Wildman–Crippen LogP) is 4.13. The van der Waals surface area contributed by atoms with Crippen LogP contribution in [-0.4, -0.2) is 11.5 Å². The Balaban J connectivity index is 2.25. The average Bonchev–Trinajstić information content (AvgIpc) is 2.42. The zero-order valence-corrected chi connectivity index (χ0v) is 12.1. The van der Waals surface area contributed by atoms with E-state index >= 15 is 0 Å². The Morgan fingerprint density at radius 1 is 1.32 bits per heavy atom. The normalized spacial score (nSPS) is 10.7. The van der Waals surface area contributed by atoms with Crippen LogP contribution in [0.4, 0.5) is 4.39 Å². The minimum atomic E-state index is -0.225. The van der Waals surface area contributed by atoms with Gasteiger partial charge < -0.3 is 5.32 Å².